The molecule has 0 unspecified atom stereocenters. The maximum Gasteiger partial charge on any atom is 0.408 e. The standard InChI is InChI=1S/C28H39N5O10/c1-3-16(2)23(32-28(42)43-15-17-8-5-4-6-9-17)25(38)30-18(11-12-21(29)34)26(39)33-13-7-10-20(33)24(37)31-19(27(40)41)14-22(35)36/h4-6,8-9,16,18-20,23H,3,7,10-15H2,1-2H3,(H2,29,34)(H,30,38)(H,31,37)(H,32,42)(H,35,36)(H,40,41)/t16-,18-,19-,20-,23-/m0/s1. The molecule has 1 heterocycles. The number of nitrogens with two attached hydrogens (primary N) is 1. The van der Waals surface area contributed by atoms with Gasteiger partial charge in [0.05, 0.1) is 6.42 Å². The van der Waals surface area contributed by atoms with Gasteiger partial charge in [0.1, 0.15) is 30.8 Å². The molecule has 0 spiro atoms. The van der Waals surface area contributed by atoms with Gasteiger partial charge in [-0.2, -0.15) is 0 Å². The number of ether oxygens (including phenoxy) is 1. The summed E-state index contributed by atoms with van der Waals surface area (Å²) in [5, 5.41) is 25.5. The zero-order chi connectivity index (χ0) is 32.1. The van der Waals surface area contributed by atoms with Gasteiger partial charge in [-0.1, -0.05) is 50.6 Å². The minimum atomic E-state index is -1.71. The Morgan fingerprint density at radius 3 is 2.28 bits per heavy atom. The predicted octanol–water partition coefficient (Wildman–Crippen LogP) is 0.113. The minimum absolute atomic E-state index is 0.0329. The third kappa shape index (κ3) is 10.9. The predicted molar refractivity (Wildman–Crippen MR) is 150 cm³/mol. The lowest BCUT2D eigenvalue weighted by Crippen LogP contribution is -2.58. The number of rotatable bonds is 16. The Kier molecular flexibility index (Phi) is 13.4. The number of nitrogens with zero attached hydrogens (tertiary/aromatic N) is 1. The number of benzene rings is 1. The number of hydrogen-bond donors (Lipinski definition) is 6. The van der Waals surface area contributed by atoms with Gasteiger partial charge in [-0.25, -0.2) is 9.59 Å². The molecule has 2 rings (SSSR count). The Hall–Kier alpha value is -4.69. The highest BCUT2D eigenvalue weighted by atomic mass is 16.5. The van der Waals surface area contributed by atoms with Crippen LogP contribution in [0.15, 0.2) is 30.3 Å². The van der Waals surface area contributed by atoms with E-state index in [4.69, 9.17) is 15.6 Å². The molecule has 1 aliphatic heterocycles. The van der Waals surface area contributed by atoms with Crippen molar-refractivity contribution >= 4 is 41.7 Å². The summed E-state index contributed by atoms with van der Waals surface area (Å²) >= 11 is 0. The second-order valence-electron chi connectivity index (χ2n) is 10.3. The van der Waals surface area contributed by atoms with E-state index in [1.54, 1.807) is 38.1 Å². The first-order chi connectivity index (χ1) is 20.3. The van der Waals surface area contributed by atoms with Crippen molar-refractivity contribution in [3.8, 4) is 0 Å². The van der Waals surface area contributed by atoms with Crippen molar-refractivity contribution in [2.24, 2.45) is 11.7 Å². The van der Waals surface area contributed by atoms with E-state index in [0.717, 1.165) is 10.5 Å². The molecule has 0 saturated carbocycles. The molecule has 0 bridgehead atoms. The highest BCUT2D eigenvalue weighted by Gasteiger charge is 2.40. The van der Waals surface area contributed by atoms with E-state index in [1.165, 1.54) is 0 Å². The van der Waals surface area contributed by atoms with Gasteiger partial charge >= 0.3 is 18.0 Å². The van der Waals surface area contributed by atoms with E-state index < -0.39 is 72.2 Å². The van der Waals surface area contributed by atoms with Crippen molar-refractivity contribution in [3.63, 3.8) is 0 Å². The second-order valence-corrected chi connectivity index (χ2v) is 10.3. The van der Waals surface area contributed by atoms with Crippen molar-refractivity contribution in [2.75, 3.05) is 6.54 Å². The fourth-order valence-corrected chi connectivity index (χ4v) is 4.55. The molecule has 15 nitrogen and oxygen atoms in total. The number of likely N-dealkylation sites (tertiary alicyclic amines) is 1. The molecule has 1 aromatic rings. The van der Waals surface area contributed by atoms with Crippen LogP contribution in [0.4, 0.5) is 4.79 Å². The molecular formula is C28H39N5O10. The summed E-state index contributed by atoms with van der Waals surface area (Å²) in [6.45, 7) is 3.59. The van der Waals surface area contributed by atoms with Crippen LogP contribution in [0.3, 0.4) is 0 Å². The summed E-state index contributed by atoms with van der Waals surface area (Å²) in [7, 11) is 0. The molecule has 0 aliphatic carbocycles. The third-order valence-corrected chi connectivity index (χ3v) is 7.11. The zero-order valence-corrected chi connectivity index (χ0v) is 24.1. The number of carbonyl (C=O) groups is 7. The van der Waals surface area contributed by atoms with Crippen molar-refractivity contribution in [1.29, 1.82) is 0 Å². The first kappa shape index (κ1) is 34.5. The fourth-order valence-electron chi connectivity index (χ4n) is 4.55. The first-order valence-electron chi connectivity index (χ1n) is 13.9. The molecule has 5 amide bonds. The van der Waals surface area contributed by atoms with Crippen LogP contribution in [-0.4, -0.2) is 87.5 Å². The summed E-state index contributed by atoms with van der Waals surface area (Å²) in [5.41, 5.74) is 6.02. The summed E-state index contributed by atoms with van der Waals surface area (Å²) in [6, 6.07) is 3.64. The molecule has 0 radical (unpaired) electrons. The van der Waals surface area contributed by atoms with E-state index in [1.807, 2.05) is 6.07 Å². The third-order valence-electron chi connectivity index (χ3n) is 7.11. The topological polar surface area (TPSA) is 235 Å². The number of aliphatic carboxylic acids is 2. The molecule has 1 fully saturated rings. The fraction of sp³-hybridized carbons (Fsp3) is 0.536. The van der Waals surface area contributed by atoms with E-state index in [0.29, 0.717) is 12.8 Å². The Morgan fingerprint density at radius 1 is 1.02 bits per heavy atom. The summed E-state index contributed by atoms with van der Waals surface area (Å²) < 4.78 is 5.24. The number of amides is 5. The lowest BCUT2D eigenvalue weighted by atomic mass is 9.97. The molecule has 1 aliphatic rings. The molecule has 1 aromatic carbocycles. The zero-order valence-electron chi connectivity index (χ0n) is 24.1. The van der Waals surface area contributed by atoms with Gasteiger partial charge in [-0.15, -0.1) is 0 Å². The van der Waals surface area contributed by atoms with Crippen LogP contribution in [-0.2, 0) is 40.1 Å². The van der Waals surface area contributed by atoms with Crippen LogP contribution in [0.2, 0.25) is 0 Å². The number of carbonyl (C=O) groups excluding carboxylic acids is 5. The Bertz CT molecular complexity index is 1180. The van der Waals surface area contributed by atoms with Gasteiger partial charge in [-0.05, 0) is 30.7 Å². The summed E-state index contributed by atoms with van der Waals surface area (Å²) in [4.78, 5) is 87.6. The maximum absolute atomic E-state index is 13.6. The Balaban J connectivity index is 2.18. The number of carboxylic acid groups (broad SMARTS) is 2. The smallest absolute Gasteiger partial charge is 0.408 e. The average Bonchev–Trinajstić information content (AvgIpc) is 3.46. The van der Waals surface area contributed by atoms with Gasteiger partial charge < -0.3 is 41.5 Å². The number of alkyl carbamates (subject to hydrolysis) is 1. The quantitative estimate of drug-likeness (QED) is 0.149. The second kappa shape index (κ2) is 16.7. The average molecular weight is 606 g/mol. The van der Waals surface area contributed by atoms with Gasteiger partial charge in [0.2, 0.25) is 23.6 Å². The lowest BCUT2D eigenvalue weighted by molar-refractivity contribution is -0.148. The lowest BCUT2D eigenvalue weighted by Gasteiger charge is -2.31. The van der Waals surface area contributed by atoms with Crippen molar-refractivity contribution < 1.29 is 48.5 Å². The molecule has 0 aromatic heterocycles. The van der Waals surface area contributed by atoms with E-state index in [9.17, 15) is 38.7 Å². The van der Waals surface area contributed by atoms with Gasteiger partial charge in [-0.3, -0.25) is 24.0 Å². The first-order valence-corrected chi connectivity index (χ1v) is 13.9. The number of nitrogens with one attached hydrogen (secondary N) is 3. The molecule has 43 heavy (non-hydrogen) atoms. The highest BCUT2D eigenvalue weighted by molar-refractivity contribution is 5.95. The van der Waals surface area contributed by atoms with Crippen molar-refractivity contribution in [2.45, 2.75) is 83.1 Å². The number of carboxylic acids is 2. The van der Waals surface area contributed by atoms with Crippen LogP contribution in [0, 0.1) is 5.92 Å². The van der Waals surface area contributed by atoms with E-state index in [2.05, 4.69) is 16.0 Å². The van der Waals surface area contributed by atoms with Gasteiger partial charge in [0, 0.05) is 13.0 Å². The van der Waals surface area contributed by atoms with Crippen LogP contribution >= 0.6 is 0 Å². The number of primary amides is 1. The molecular weight excluding hydrogens is 566 g/mol. The molecule has 236 valence electrons. The summed E-state index contributed by atoms with van der Waals surface area (Å²) in [6.07, 6.45) is -1.17. The Labute approximate surface area is 248 Å². The van der Waals surface area contributed by atoms with Crippen LogP contribution in [0.1, 0.15) is 57.9 Å². The SMILES string of the molecule is CC[C@H](C)[C@H](NC(=O)OCc1ccccc1)C(=O)N[C@@H](CCC(N)=O)C(=O)N1CCC[C@H]1C(=O)N[C@@H](CC(=O)O)C(=O)O. The molecule has 1 saturated heterocycles. The normalized spacial score (nSPS) is 17.1. The Morgan fingerprint density at radius 2 is 1.70 bits per heavy atom. The van der Waals surface area contributed by atoms with Crippen LogP contribution in [0.5, 0.6) is 0 Å². The highest BCUT2D eigenvalue weighted by Crippen LogP contribution is 2.21. The van der Waals surface area contributed by atoms with Gasteiger partial charge in [0.25, 0.3) is 0 Å². The minimum Gasteiger partial charge on any atom is -0.481 e. The van der Waals surface area contributed by atoms with Crippen LogP contribution < -0.4 is 21.7 Å². The van der Waals surface area contributed by atoms with Crippen LogP contribution in [0.25, 0.3) is 0 Å². The molecule has 5 atom stereocenters. The molecule has 7 N–H and O–H groups in total. The monoisotopic (exact) mass is 605 g/mol. The largest absolute Gasteiger partial charge is 0.481 e. The van der Waals surface area contributed by atoms with E-state index in [-0.39, 0.29) is 38.3 Å². The van der Waals surface area contributed by atoms with Crippen molar-refractivity contribution in [1.82, 2.24) is 20.9 Å². The summed E-state index contributed by atoms with van der Waals surface area (Å²) in [5.74, 6) is -6.41. The molecule has 15 heteroatoms. The van der Waals surface area contributed by atoms with Gasteiger partial charge in [0.15, 0.2) is 0 Å². The van der Waals surface area contributed by atoms with E-state index >= 15 is 0 Å². The maximum atomic E-state index is 13.6. The number of hydrogen-bond acceptors (Lipinski definition) is 8. The van der Waals surface area contributed by atoms with Crippen molar-refractivity contribution in [3.05, 3.63) is 35.9 Å².